The second-order valence-corrected chi connectivity index (χ2v) is 19.2. The molecule has 14 heteroatoms. The van der Waals surface area contributed by atoms with Crippen LogP contribution in [-0.2, 0) is 38.1 Å². The van der Waals surface area contributed by atoms with Crippen LogP contribution in [0.4, 0.5) is 0 Å². The van der Waals surface area contributed by atoms with E-state index in [1.807, 2.05) is 24.3 Å². The number of nitrogens with two attached hydrogens (primary N) is 2. The molecule has 14 nitrogen and oxygen atoms in total. The van der Waals surface area contributed by atoms with Gasteiger partial charge in [-0.2, -0.15) is 0 Å². The minimum absolute atomic E-state index is 0.0435. The fourth-order valence-electron chi connectivity index (χ4n) is 12.7. The molecule has 2 bridgehead atoms. The van der Waals surface area contributed by atoms with Gasteiger partial charge in [0.2, 0.25) is 5.91 Å². The lowest BCUT2D eigenvalue weighted by molar-refractivity contribution is -0.319. The molecule has 61 heavy (non-hydrogen) atoms. The number of methoxy groups -OCH3 is 1. The standard InChI is InChI=1S/C47H68N4O10/c1-45-22-20-33(59-39(53)13-9-7-5-4-6-8-12-38(52)51-36(42(55)56)11-10-24-50-44(48)49)26-31(45)16-19-35-34(45)21-23-46(2)41(30-25-40(54)58-28-30)37-27-47(35,46)61-43(60-37)29-14-17-32(57-3)18-15-29/h14-15,17-18,25,31,33-37,41,43H,4-13,16,19-24,26-28H2,1-3H3,(H,51,52)(H,55,56)(H4,48,49,50)/t31-,33+,34+,35-,36+,37+,41+,43?,45+,46-,47+/m1/s1. The number of rotatable bonds is 19. The Balaban J connectivity index is 0.871. The molecule has 0 aromatic heterocycles. The van der Waals surface area contributed by atoms with E-state index in [0.717, 1.165) is 100 Å². The number of carboxylic acid groups (broad SMARTS) is 1. The number of cyclic esters (lactones) is 1. The highest BCUT2D eigenvalue weighted by atomic mass is 16.7. The fraction of sp³-hybridized carbons (Fsp3) is 0.723. The minimum atomic E-state index is -1.07. The molecule has 7 rings (SSSR count). The van der Waals surface area contributed by atoms with Gasteiger partial charge in [0.05, 0.1) is 18.8 Å². The zero-order valence-corrected chi connectivity index (χ0v) is 36.4. The van der Waals surface area contributed by atoms with Crippen LogP contribution >= 0.6 is 0 Å². The summed E-state index contributed by atoms with van der Waals surface area (Å²) >= 11 is 0. The summed E-state index contributed by atoms with van der Waals surface area (Å²) < 4.78 is 31.4. The molecule has 336 valence electrons. The second-order valence-electron chi connectivity index (χ2n) is 19.2. The molecule has 6 N–H and O–H groups in total. The van der Waals surface area contributed by atoms with E-state index in [0.29, 0.717) is 50.2 Å². The highest BCUT2D eigenvalue weighted by Crippen LogP contribution is 2.73. The topological polar surface area (TPSA) is 211 Å². The molecule has 1 aromatic carbocycles. The van der Waals surface area contributed by atoms with Gasteiger partial charge in [-0.15, -0.1) is 0 Å². The van der Waals surface area contributed by atoms with Crippen LogP contribution in [0, 0.1) is 34.5 Å². The maximum atomic E-state index is 13.1. The molecule has 1 saturated heterocycles. The van der Waals surface area contributed by atoms with Crippen molar-refractivity contribution in [1.82, 2.24) is 5.32 Å². The summed E-state index contributed by atoms with van der Waals surface area (Å²) in [5, 5.41) is 12.0. The van der Waals surface area contributed by atoms with E-state index >= 15 is 0 Å². The average molecular weight is 849 g/mol. The maximum absolute atomic E-state index is 13.1. The summed E-state index contributed by atoms with van der Waals surface area (Å²) in [6.07, 6.45) is 15.5. The number of guanidine groups is 1. The Hall–Kier alpha value is -4.17. The normalized spacial score (nSPS) is 34.1. The number of carboxylic acids is 1. The predicted molar refractivity (Wildman–Crippen MR) is 227 cm³/mol. The number of amides is 1. The van der Waals surface area contributed by atoms with Crippen LogP contribution in [0.5, 0.6) is 5.75 Å². The summed E-state index contributed by atoms with van der Waals surface area (Å²) in [6.45, 7) is 5.53. The summed E-state index contributed by atoms with van der Waals surface area (Å²) in [7, 11) is 1.67. The van der Waals surface area contributed by atoms with Gasteiger partial charge in [0.1, 0.15) is 24.5 Å². The van der Waals surface area contributed by atoms with Crippen molar-refractivity contribution in [2.75, 3.05) is 20.3 Å². The van der Waals surface area contributed by atoms with Gasteiger partial charge in [0.15, 0.2) is 12.2 Å². The SMILES string of the molecule is COc1ccc(C2O[C@H]3C[C@]4(O2)[C@@H]2CC[C@@H]5C[C@@H](OC(=O)CCCCCCCCC(=O)N[C@@H](CCCN=C(N)N)C(=O)O)CC[C@]5(C)[C@H]2CC[C@]4(C)[C@H]3C2=CC(=O)OC2)cc1. The monoisotopic (exact) mass is 848 g/mol. The third kappa shape index (κ3) is 9.45. The molecule has 0 radical (unpaired) electrons. The van der Waals surface area contributed by atoms with Crippen LogP contribution in [-0.4, -0.2) is 79.0 Å². The highest BCUT2D eigenvalue weighted by Gasteiger charge is 2.74. The lowest BCUT2D eigenvalue weighted by Gasteiger charge is -2.65. The zero-order valence-electron chi connectivity index (χ0n) is 36.4. The average Bonchev–Trinajstić information content (AvgIpc) is 3.73. The Morgan fingerprint density at radius 1 is 0.951 bits per heavy atom. The Morgan fingerprint density at radius 2 is 1.69 bits per heavy atom. The molecular weight excluding hydrogens is 781 g/mol. The number of benzene rings is 1. The quantitative estimate of drug-likeness (QED) is 0.0500. The first-order chi connectivity index (χ1) is 29.3. The van der Waals surface area contributed by atoms with Crippen LogP contribution < -0.4 is 21.5 Å². The minimum Gasteiger partial charge on any atom is -0.497 e. The van der Waals surface area contributed by atoms with Crippen LogP contribution in [0.2, 0.25) is 0 Å². The van der Waals surface area contributed by atoms with Crippen molar-refractivity contribution in [3.63, 3.8) is 0 Å². The van der Waals surface area contributed by atoms with Gasteiger partial charge in [-0.3, -0.25) is 14.6 Å². The van der Waals surface area contributed by atoms with Gasteiger partial charge in [0, 0.05) is 48.8 Å². The van der Waals surface area contributed by atoms with Crippen molar-refractivity contribution in [3.8, 4) is 5.75 Å². The molecule has 1 unspecified atom stereocenters. The third-order valence-corrected chi connectivity index (χ3v) is 15.7. The van der Waals surface area contributed by atoms with Gasteiger partial charge in [0.25, 0.3) is 0 Å². The van der Waals surface area contributed by atoms with Crippen LogP contribution in [0.1, 0.15) is 141 Å². The van der Waals surface area contributed by atoms with Crippen LogP contribution in [0.3, 0.4) is 0 Å². The number of ether oxygens (including phenoxy) is 5. The van der Waals surface area contributed by atoms with Gasteiger partial charge >= 0.3 is 17.9 Å². The molecule has 4 saturated carbocycles. The highest BCUT2D eigenvalue weighted by molar-refractivity contribution is 5.85. The Kier molecular flexibility index (Phi) is 14.0. The number of aliphatic imine (C=N–C) groups is 1. The summed E-state index contributed by atoms with van der Waals surface area (Å²) in [4.78, 5) is 53.2. The number of nitrogens with one attached hydrogen (secondary N) is 1. The van der Waals surface area contributed by atoms with Crippen LogP contribution in [0.15, 0.2) is 40.9 Å². The van der Waals surface area contributed by atoms with Crippen molar-refractivity contribution in [2.45, 2.75) is 160 Å². The lowest BCUT2D eigenvalue weighted by Crippen LogP contribution is -2.63. The van der Waals surface area contributed by atoms with Crippen molar-refractivity contribution < 1.29 is 48.0 Å². The van der Waals surface area contributed by atoms with Crippen molar-refractivity contribution in [2.24, 2.45) is 51.0 Å². The number of aliphatic carboxylic acids is 1. The van der Waals surface area contributed by atoms with Crippen LogP contribution in [0.25, 0.3) is 0 Å². The summed E-state index contributed by atoms with van der Waals surface area (Å²) in [6, 6.07) is 7.04. The second kappa shape index (κ2) is 19.1. The summed E-state index contributed by atoms with van der Waals surface area (Å²) in [5.74, 6) is 0.376. The third-order valence-electron chi connectivity index (χ3n) is 15.7. The van der Waals surface area contributed by atoms with E-state index in [4.69, 9.17) is 35.2 Å². The first kappa shape index (κ1) is 44.9. The Bertz CT molecular complexity index is 1820. The molecule has 2 heterocycles. The van der Waals surface area contributed by atoms with Crippen molar-refractivity contribution in [1.29, 1.82) is 0 Å². The number of esters is 2. The smallest absolute Gasteiger partial charge is 0.331 e. The lowest BCUT2D eigenvalue weighted by atomic mass is 9.43. The first-order valence-corrected chi connectivity index (χ1v) is 22.9. The Morgan fingerprint density at radius 3 is 2.38 bits per heavy atom. The molecule has 6 aliphatic rings. The van der Waals surface area contributed by atoms with E-state index in [1.165, 1.54) is 0 Å². The number of nitrogens with zero attached hydrogens (tertiary/aromatic N) is 1. The number of hydrogen-bond acceptors (Lipinski definition) is 10. The molecule has 2 aliphatic heterocycles. The number of carbonyl (C=O) groups is 4. The molecule has 1 spiro atoms. The number of fused-ring (bicyclic) bond motifs is 4. The molecule has 1 amide bonds. The zero-order chi connectivity index (χ0) is 43.4. The molecule has 11 atom stereocenters. The Labute approximate surface area is 360 Å². The summed E-state index contributed by atoms with van der Waals surface area (Å²) in [5.41, 5.74) is 12.1. The van der Waals surface area contributed by atoms with E-state index < -0.39 is 23.9 Å². The first-order valence-electron chi connectivity index (χ1n) is 22.9. The number of carbonyl (C=O) groups excluding carboxylic acids is 3. The van der Waals surface area contributed by atoms with Crippen molar-refractivity contribution in [3.05, 3.63) is 41.5 Å². The van der Waals surface area contributed by atoms with E-state index in [1.54, 1.807) is 13.2 Å². The van der Waals surface area contributed by atoms with E-state index in [-0.39, 0.29) is 65.6 Å². The number of unbranched alkanes of at least 4 members (excludes halogenated alkanes) is 5. The fourth-order valence-corrected chi connectivity index (χ4v) is 12.7. The van der Waals surface area contributed by atoms with E-state index in [9.17, 15) is 24.3 Å². The number of hydrogen-bond donors (Lipinski definition) is 4. The molecule has 4 aliphatic carbocycles. The predicted octanol–water partition coefficient (Wildman–Crippen LogP) is 6.64. The van der Waals surface area contributed by atoms with Gasteiger partial charge < -0.3 is 45.6 Å². The van der Waals surface area contributed by atoms with Gasteiger partial charge in [-0.1, -0.05) is 51.7 Å². The molecular formula is C47H68N4O10. The van der Waals surface area contributed by atoms with E-state index in [2.05, 4.69) is 24.2 Å². The van der Waals surface area contributed by atoms with Gasteiger partial charge in [-0.05, 0) is 112 Å². The maximum Gasteiger partial charge on any atom is 0.331 e. The largest absolute Gasteiger partial charge is 0.497 e. The van der Waals surface area contributed by atoms with Gasteiger partial charge in [-0.25, -0.2) is 9.59 Å². The van der Waals surface area contributed by atoms with Crippen molar-refractivity contribution >= 4 is 29.8 Å². The molecule has 5 fully saturated rings. The molecule has 1 aromatic rings.